The molecule has 0 bridgehead atoms. The molecule has 1 fully saturated rings. The molecule has 94 valence electrons. The normalized spacial score (nSPS) is 29.0. The Balaban J connectivity index is 2.54. The highest BCUT2D eigenvalue weighted by Gasteiger charge is 2.32. The second-order valence-electron chi connectivity index (χ2n) is 5.31. The molecule has 0 spiro atoms. The van der Waals surface area contributed by atoms with Crippen LogP contribution in [-0.4, -0.2) is 47.3 Å². The average Bonchev–Trinajstić information content (AvgIpc) is 2.12. The maximum atomic E-state index is 8.61. The minimum atomic E-state index is -0.123. The Morgan fingerprint density at radius 2 is 2.31 bits per heavy atom. The highest BCUT2D eigenvalue weighted by Crippen LogP contribution is 2.21. The van der Waals surface area contributed by atoms with Gasteiger partial charge in [-0.15, -0.1) is 0 Å². The van der Waals surface area contributed by atoms with Crippen LogP contribution in [0.15, 0.2) is 5.16 Å². The molecule has 1 saturated heterocycles. The molecular formula is C11H23N3O2. The summed E-state index contributed by atoms with van der Waals surface area (Å²) >= 11 is 0. The molecule has 0 aromatic rings. The van der Waals surface area contributed by atoms with E-state index in [9.17, 15) is 0 Å². The van der Waals surface area contributed by atoms with Gasteiger partial charge in [-0.3, -0.25) is 4.90 Å². The first-order chi connectivity index (χ1) is 7.34. The van der Waals surface area contributed by atoms with E-state index >= 15 is 0 Å². The van der Waals surface area contributed by atoms with Gasteiger partial charge >= 0.3 is 0 Å². The predicted octanol–water partition coefficient (Wildman–Crippen LogP) is 0.868. The molecule has 0 saturated carbocycles. The summed E-state index contributed by atoms with van der Waals surface area (Å²) in [6.07, 6.45) is 0.225. The standard InChI is InChI=1S/C11H23N3O2/c1-8(10(12)13-15)5-14-6-9(2)16-11(3,4)7-14/h8-9,15H,5-7H2,1-4H3,(H2,12,13). The molecule has 3 N–H and O–H groups in total. The lowest BCUT2D eigenvalue weighted by atomic mass is 10.0. The minimum absolute atomic E-state index is 0.0612. The fraction of sp³-hybridized carbons (Fsp3) is 0.909. The van der Waals surface area contributed by atoms with Crippen LogP contribution in [-0.2, 0) is 4.74 Å². The molecule has 0 aromatic carbocycles. The van der Waals surface area contributed by atoms with Gasteiger partial charge in [0.25, 0.3) is 0 Å². The number of rotatable bonds is 3. The third-order valence-corrected chi connectivity index (χ3v) is 2.79. The van der Waals surface area contributed by atoms with E-state index in [1.807, 2.05) is 6.92 Å². The summed E-state index contributed by atoms with van der Waals surface area (Å²) in [7, 11) is 0. The number of hydrogen-bond acceptors (Lipinski definition) is 4. The molecule has 16 heavy (non-hydrogen) atoms. The van der Waals surface area contributed by atoms with E-state index in [-0.39, 0.29) is 23.5 Å². The minimum Gasteiger partial charge on any atom is -0.409 e. The van der Waals surface area contributed by atoms with E-state index in [0.29, 0.717) is 0 Å². The predicted molar refractivity (Wildman–Crippen MR) is 63.6 cm³/mol. The maximum absolute atomic E-state index is 8.61. The third-order valence-electron chi connectivity index (χ3n) is 2.79. The summed E-state index contributed by atoms with van der Waals surface area (Å²) in [5.41, 5.74) is 5.46. The topological polar surface area (TPSA) is 71.1 Å². The summed E-state index contributed by atoms with van der Waals surface area (Å²) in [5, 5.41) is 11.7. The average molecular weight is 229 g/mol. The second-order valence-corrected chi connectivity index (χ2v) is 5.31. The lowest BCUT2D eigenvalue weighted by Gasteiger charge is -2.42. The Labute approximate surface area is 97.2 Å². The largest absolute Gasteiger partial charge is 0.409 e. The van der Waals surface area contributed by atoms with Crippen LogP contribution in [0.5, 0.6) is 0 Å². The smallest absolute Gasteiger partial charge is 0.143 e. The summed E-state index contributed by atoms with van der Waals surface area (Å²) < 4.78 is 5.82. The van der Waals surface area contributed by atoms with Crippen LogP contribution in [0.3, 0.4) is 0 Å². The molecule has 2 atom stereocenters. The molecule has 1 aliphatic heterocycles. The summed E-state index contributed by atoms with van der Waals surface area (Å²) in [6, 6.07) is 0. The first-order valence-corrected chi connectivity index (χ1v) is 5.71. The molecule has 0 aliphatic carbocycles. The lowest BCUT2D eigenvalue weighted by Crippen LogP contribution is -2.53. The van der Waals surface area contributed by atoms with Crippen molar-refractivity contribution in [2.75, 3.05) is 19.6 Å². The molecule has 0 amide bonds. The van der Waals surface area contributed by atoms with Crippen molar-refractivity contribution in [1.82, 2.24) is 4.90 Å². The molecule has 1 aliphatic rings. The molecule has 0 aromatic heterocycles. The maximum Gasteiger partial charge on any atom is 0.143 e. The van der Waals surface area contributed by atoms with Crippen LogP contribution in [0.1, 0.15) is 27.7 Å². The second kappa shape index (κ2) is 5.01. The van der Waals surface area contributed by atoms with E-state index < -0.39 is 0 Å². The molecular weight excluding hydrogens is 206 g/mol. The Bertz CT molecular complexity index is 266. The number of hydrogen-bond donors (Lipinski definition) is 2. The van der Waals surface area contributed by atoms with Crippen LogP contribution >= 0.6 is 0 Å². The Hall–Kier alpha value is -0.810. The lowest BCUT2D eigenvalue weighted by molar-refractivity contribution is -0.129. The van der Waals surface area contributed by atoms with Gasteiger partial charge in [-0.1, -0.05) is 12.1 Å². The Morgan fingerprint density at radius 1 is 1.69 bits per heavy atom. The van der Waals surface area contributed by atoms with Crippen molar-refractivity contribution in [3.05, 3.63) is 0 Å². The van der Waals surface area contributed by atoms with Gasteiger partial charge in [0, 0.05) is 25.6 Å². The molecule has 5 heteroatoms. The van der Waals surface area contributed by atoms with Crippen molar-refractivity contribution in [2.45, 2.75) is 39.4 Å². The van der Waals surface area contributed by atoms with Crippen LogP contribution in [0.25, 0.3) is 0 Å². The van der Waals surface area contributed by atoms with Gasteiger partial charge in [0.2, 0.25) is 0 Å². The first kappa shape index (κ1) is 13.3. The molecule has 1 rings (SSSR count). The summed E-state index contributed by atoms with van der Waals surface area (Å²) in [4.78, 5) is 2.30. The molecule has 2 unspecified atom stereocenters. The van der Waals surface area contributed by atoms with Crippen molar-refractivity contribution in [3.8, 4) is 0 Å². The van der Waals surface area contributed by atoms with Crippen molar-refractivity contribution in [3.63, 3.8) is 0 Å². The molecule has 1 heterocycles. The highest BCUT2D eigenvalue weighted by molar-refractivity contribution is 5.82. The Morgan fingerprint density at radius 3 is 2.81 bits per heavy atom. The summed E-state index contributed by atoms with van der Waals surface area (Å²) in [6.45, 7) is 10.8. The highest BCUT2D eigenvalue weighted by atomic mass is 16.5. The van der Waals surface area contributed by atoms with Gasteiger partial charge in [-0.2, -0.15) is 0 Å². The van der Waals surface area contributed by atoms with Gasteiger partial charge in [0.1, 0.15) is 5.84 Å². The van der Waals surface area contributed by atoms with Gasteiger partial charge in [0.15, 0.2) is 0 Å². The quantitative estimate of drug-likeness (QED) is 0.326. The van der Waals surface area contributed by atoms with Gasteiger partial charge in [0.05, 0.1) is 11.7 Å². The molecule has 0 radical (unpaired) electrons. The zero-order valence-electron chi connectivity index (χ0n) is 10.6. The van der Waals surface area contributed by atoms with Crippen LogP contribution in [0.4, 0.5) is 0 Å². The van der Waals surface area contributed by atoms with Crippen molar-refractivity contribution < 1.29 is 9.94 Å². The van der Waals surface area contributed by atoms with Crippen molar-refractivity contribution in [2.24, 2.45) is 16.8 Å². The monoisotopic (exact) mass is 229 g/mol. The summed E-state index contributed by atoms with van der Waals surface area (Å²) in [5.74, 6) is 0.350. The van der Waals surface area contributed by atoms with E-state index in [2.05, 4.69) is 30.8 Å². The van der Waals surface area contributed by atoms with E-state index in [1.54, 1.807) is 0 Å². The van der Waals surface area contributed by atoms with Gasteiger partial charge < -0.3 is 15.7 Å². The zero-order chi connectivity index (χ0) is 12.3. The first-order valence-electron chi connectivity index (χ1n) is 5.71. The van der Waals surface area contributed by atoms with Crippen molar-refractivity contribution in [1.29, 1.82) is 0 Å². The SMILES string of the molecule is CC1CN(CC(C)C(N)=NO)CC(C)(C)O1. The molecule has 5 nitrogen and oxygen atoms in total. The van der Waals surface area contributed by atoms with Crippen LogP contribution < -0.4 is 5.73 Å². The van der Waals surface area contributed by atoms with Crippen LogP contribution in [0.2, 0.25) is 0 Å². The Kier molecular flexibility index (Phi) is 4.15. The number of morpholine rings is 1. The number of nitrogens with zero attached hydrogens (tertiary/aromatic N) is 2. The number of ether oxygens (including phenoxy) is 1. The third kappa shape index (κ3) is 3.64. The fourth-order valence-electron chi connectivity index (χ4n) is 2.30. The van der Waals surface area contributed by atoms with Gasteiger partial charge in [-0.05, 0) is 20.8 Å². The zero-order valence-corrected chi connectivity index (χ0v) is 10.6. The fourth-order valence-corrected chi connectivity index (χ4v) is 2.30. The van der Waals surface area contributed by atoms with E-state index in [1.165, 1.54) is 0 Å². The van der Waals surface area contributed by atoms with Gasteiger partial charge in [-0.25, -0.2) is 0 Å². The van der Waals surface area contributed by atoms with Crippen molar-refractivity contribution >= 4 is 5.84 Å². The van der Waals surface area contributed by atoms with E-state index in [4.69, 9.17) is 15.7 Å². The number of oxime groups is 1. The van der Waals surface area contributed by atoms with E-state index in [0.717, 1.165) is 19.6 Å². The van der Waals surface area contributed by atoms with Crippen LogP contribution in [0, 0.1) is 5.92 Å². The number of amidine groups is 1. The number of nitrogens with two attached hydrogens (primary N) is 1.